The maximum Gasteiger partial charge on any atom is 1.00 e. The molecule has 0 aromatic carbocycles. The molecule has 1 rings (SSSR count). The maximum atomic E-state index is 11.4. The first-order valence-electron chi connectivity index (χ1n) is 21.6. The molecule has 1 fully saturated rings. The van der Waals surface area contributed by atoms with Gasteiger partial charge in [-0.1, -0.05) is 181 Å². The fourth-order valence-corrected chi connectivity index (χ4v) is 7.60. The van der Waals surface area contributed by atoms with Gasteiger partial charge in [-0.15, -0.1) is 0 Å². The van der Waals surface area contributed by atoms with Crippen LogP contribution in [-0.4, -0.2) is 97.3 Å². The smallest absolute Gasteiger partial charge is 0.388 e. The molecule has 0 aromatic heterocycles. The van der Waals surface area contributed by atoms with Gasteiger partial charge < -0.3 is 34.3 Å². The van der Waals surface area contributed by atoms with Crippen LogP contribution in [0.15, 0.2) is 0 Å². The number of aliphatic hydroxyl groups is 3. The Morgan fingerprint density at radius 3 is 1.30 bits per heavy atom. The van der Waals surface area contributed by atoms with Gasteiger partial charge in [0.25, 0.3) is 10.1 Å². The monoisotopic (exact) mass is 790 g/mol. The van der Waals surface area contributed by atoms with E-state index < -0.39 is 52.7 Å². The molecule has 10 nitrogen and oxygen atoms in total. The molecule has 6 unspecified atom stereocenters. The van der Waals surface area contributed by atoms with Gasteiger partial charge in [-0.3, -0.25) is 4.55 Å². The number of rotatable bonds is 38. The first-order chi connectivity index (χ1) is 25.2. The Morgan fingerprint density at radius 2 is 0.906 bits per heavy atom. The third-order valence-electron chi connectivity index (χ3n) is 10.3. The van der Waals surface area contributed by atoms with Crippen molar-refractivity contribution in [1.29, 1.82) is 0 Å². The molecule has 0 amide bonds. The molecule has 12 heteroatoms. The van der Waals surface area contributed by atoms with Crippen LogP contribution in [0.2, 0.25) is 0 Å². The molecule has 0 bridgehead atoms. The summed E-state index contributed by atoms with van der Waals surface area (Å²) in [6.45, 7) is 5.95. The summed E-state index contributed by atoms with van der Waals surface area (Å²) in [6.07, 6.45) is 27.7. The van der Waals surface area contributed by atoms with Gasteiger partial charge in [-0.05, 0) is 12.8 Å². The second-order valence-electron chi connectivity index (χ2n) is 15.4. The average Bonchev–Trinajstić information content (AvgIpc) is 3.11. The predicted molar refractivity (Wildman–Crippen MR) is 210 cm³/mol. The first-order valence-corrected chi connectivity index (χ1v) is 23.3. The molecule has 0 saturated carbocycles. The number of unbranched alkanes of at least 4 members (excludes halogenated alkanes) is 26. The molecular weight excluding hydrogens is 707 g/mol. The summed E-state index contributed by atoms with van der Waals surface area (Å²) >= 11 is 0. The molecule has 0 aromatic rings. The molecule has 0 spiro atoms. The number of aliphatic hydroxyl groups excluding tert-OH is 3. The summed E-state index contributed by atoms with van der Waals surface area (Å²) in [5.41, 5.74) is 0. The summed E-state index contributed by atoms with van der Waals surface area (Å²) in [7, 11) is -4.50. The topological polar surface area (TPSA) is 152 Å². The number of ether oxygens (including phenoxy) is 4. The van der Waals surface area contributed by atoms with Crippen molar-refractivity contribution in [3.8, 4) is 0 Å². The van der Waals surface area contributed by atoms with E-state index in [9.17, 15) is 28.3 Å². The third-order valence-corrected chi connectivity index (χ3v) is 11.0. The quantitative estimate of drug-likeness (QED) is 0.0330. The standard InChI is InChI=1S/C41H82O10S.Na/c1-3-5-7-9-11-13-15-17-19-21-23-25-27-29-31-48-33-36(34-50-41-40(44)39(43)38(42)37(51-41)35-52(45,46)47)49-32-30-28-26-24-22-20-18-16-14-12-10-8-6-4-2;/h36-44H,3-35H2,1-2H3,(H,45,46,47);/q;+1. The molecule has 6 atom stereocenters. The Balaban J connectivity index is 0.0000270. The summed E-state index contributed by atoms with van der Waals surface area (Å²) in [6, 6.07) is 0. The fourth-order valence-electron chi connectivity index (χ4n) is 6.91. The van der Waals surface area contributed by atoms with Gasteiger partial charge in [-0.2, -0.15) is 8.42 Å². The van der Waals surface area contributed by atoms with E-state index in [4.69, 9.17) is 18.9 Å². The van der Waals surface area contributed by atoms with Gasteiger partial charge >= 0.3 is 29.6 Å². The van der Waals surface area contributed by atoms with Gasteiger partial charge in [0.15, 0.2) is 6.29 Å². The Kier molecular flexibility index (Phi) is 37.4. The normalized spacial score (nSPS) is 21.1. The van der Waals surface area contributed by atoms with Gasteiger partial charge in [0, 0.05) is 13.2 Å². The van der Waals surface area contributed by atoms with Gasteiger partial charge in [0.2, 0.25) is 0 Å². The summed E-state index contributed by atoms with van der Waals surface area (Å²) < 4.78 is 55.3. The Hall–Kier alpha value is 0.630. The molecule has 0 aliphatic carbocycles. The average molecular weight is 790 g/mol. The minimum Gasteiger partial charge on any atom is -0.388 e. The van der Waals surface area contributed by atoms with Crippen molar-refractivity contribution in [1.82, 2.24) is 0 Å². The SMILES string of the molecule is CCCCCCCCCCCCCCCCOCC(COC1OC(CS(=O)(=O)O)C(O)C(O)C1O)OCCCCCCCCCCCCCCCC.[Na+]. The van der Waals surface area contributed by atoms with Crippen molar-refractivity contribution in [2.24, 2.45) is 0 Å². The van der Waals surface area contributed by atoms with Crippen molar-refractivity contribution in [2.45, 2.75) is 230 Å². The molecule has 1 aliphatic rings. The minimum atomic E-state index is -4.50. The van der Waals surface area contributed by atoms with Crippen LogP contribution in [-0.2, 0) is 29.1 Å². The molecular formula is C41H82NaO10S+. The zero-order valence-electron chi connectivity index (χ0n) is 34.4. The molecule has 4 N–H and O–H groups in total. The van der Waals surface area contributed by atoms with Crippen molar-refractivity contribution < 1.29 is 76.8 Å². The molecule has 53 heavy (non-hydrogen) atoms. The maximum absolute atomic E-state index is 11.4. The van der Waals surface area contributed by atoms with E-state index in [2.05, 4.69) is 13.8 Å². The molecule has 312 valence electrons. The van der Waals surface area contributed by atoms with Crippen molar-refractivity contribution in [3.63, 3.8) is 0 Å². The van der Waals surface area contributed by atoms with E-state index in [0.29, 0.717) is 19.8 Å². The first kappa shape index (κ1) is 53.6. The second kappa shape index (κ2) is 36.9. The van der Waals surface area contributed by atoms with Crippen LogP contribution >= 0.6 is 0 Å². The summed E-state index contributed by atoms with van der Waals surface area (Å²) in [4.78, 5) is 0. The largest absolute Gasteiger partial charge is 1.00 e. The molecule has 1 heterocycles. The van der Waals surface area contributed by atoms with Crippen molar-refractivity contribution in [2.75, 3.05) is 32.2 Å². The van der Waals surface area contributed by atoms with Gasteiger partial charge in [0.1, 0.15) is 36.3 Å². The van der Waals surface area contributed by atoms with Gasteiger partial charge in [-0.25, -0.2) is 0 Å². The van der Waals surface area contributed by atoms with Crippen LogP contribution < -0.4 is 29.6 Å². The van der Waals surface area contributed by atoms with E-state index in [-0.39, 0.29) is 36.2 Å². The predicted octanol–water partition coefficient (Wildman–Crippen LogP) is 6.07. The molecule has 1 saturated heterocycles. The van der Waals surface area contributed by atoms with Crippen LogP contribution in [0, 0.1) is 0 Å². The van der Waals surface area contributed by atoms with E-state index in [0.717, 1.165) is 25.7 Å². The van der Waals surface area contributed by atoms with Crippen molar-refractivity contribution >= 4 is 10.1 Å². The van der Waals surface area contributed by atoms with Gasteiger partial charge in [0.05, 0.1) is 13.2 Å². The van der Waals surface area contributed by atoms with Crippen LogP contribution in [0.3, 0.4) is 0 Å². The van der Waals surface area contributed by atoms with Crippen LogP contribution in [0.25, 0.3) is 0 Å². The molecule has 1 aliphatic heterocycles. The fraction of sp³-hybridized carbons (Fsp3) is 1.00. The second-order valence-corrected chi connectivity index (χ2v) is 16.9. The van der Waals surface area contributed by atoms with E-state index in [1.54, 1.807) is 0 Å². The Morgan fingerprint density at radius 1 is 0.528 bits per heavy atom. The van der Waals surface area contributed by atoms with Crippen LogP contribution in [0.5, 0.6) is 0 Å². The summed E-state index contributed by atoms with van der Waals surface area (Å²) in [5.74, 6) is -0.931. The van der Waals surface area contributed by atoms with Crippen LogP contribution in [0.1, 0.15) is 194 Å². The zero-order chi connectivity index (χ0) is 38.1. The summed E-state index contributed by atoms with van der Waals surface area (Å²) in [5, 5.41) is 30.9. The number of hydrogen-bond acceptors (Lipinski definition) is 9. The van der Waals surface area contributed by atoms with E-state index in [1.807, 2.05) is 0 Å². The molecule has 0 radical (unpaired) electrons. The van der Waals surface area contributed by atoms with E-state index >= 15 is 0 Å². The van der Waals surface area contributed by atoms with Crippen LogP contribution in [0.4, 0.5) is 0 Å². The number of hydrogen-bond donors (Lipinski definition) is 4. The Labute approximate surface area is 347 Å². The van der Waals surface area contributed by atoms with E-state index in [1.165, 1.54) is 154 Å². The Bertz CT molecular complexity index is 883. The zero-order valence-corrected chi connectivity index (χ0v) is 37.3. The minimum absolute atomic E-state index is 0. The van der Waals surface area contributed by atoms with Crippen molar-refractivity contribution in [3.05, 3.63) is 0 Å². The third kappa shape index (κ3) is 31.3.